The maximum Gasteiger partial charge on any atom is 0.276 e. The second-order valence-electron chi connectivity index (χ2n) is 4.71. The van der Waals surface area contributed by atoms with Gasteiger partial charge in [-0.2, -0.15) is 0 Å². The van der Waals surface area contributed by atoms with Crippen molar-refractivity contribution in [1.29, 1.82) is 0 Å². The van der Waals surface area contributed by atoms with Gasteiger partial charge in [0.05, 0.1) is 5.69 Å². The number of hydrogen-bond acceptors (Lipinski definition) is 5. The maximum absolute atomic E-state index is 12.1. The summed E-state index contributed by atoms with van der Waals surface area (Å²) in [6, 6.07) is 3.66. The van der Waals surface area contributed by atoms with E-state index in [1.807, 2.05) is 0 Å². The molecule has 3 N–H and O–H groups in total. The van der Waals surface area contributed by atoms with Crippen LogP contribution in [0.3, 0.4) is 0 Å². The van der Waals surface area contributed by atoms with Crippen LogP contribution in [0.4, 0.5) is 5.13 Å². The van der Waals surface area contributed by atoms with Crippen molar-refractivity contribution < 1.29 is 4.79 Å². The number of nitrogens with one attached hydrogen (secondary N) is 1. The Hall–Kier alpha value is -1.31. The summed E-state index contributed by atoms with van der Waals surface area (Å²) in [6.45, 7) is 0. The van der Waals surface area contributed by atoms with E-state index < -0.39 is 0 Å². The van der Waals surface area contributed by atoms with Gasteiger partial charge >= 0.3 is 0 Å². The van der Waals surface area contributed by atoms with Gasteiger partial charge in [-0.15, -0.1) is 11.3 Å². The lowest BCUT2D eigenvalue weighted by Crippen LogP contribution is -2.27. The van der Waals surface area contributed by atoms with Crippen molar-refractivity contribution in [2.75, 3.05) is 5.32 Å². The van der Waals surface area contributed by atoms with Crippen LogP contribution in [-0.2, 0) is 12.8 Å². The Morgan fingerprint density at radius 3 is 3.10 bits per heavy atom. The van der Waals surface area contributed by atoms with Crippen LogP contribution < -0.4 is 11.1 Å². The van der Waals surface area contributed by atoms with Gasteiger partial charge in [0, 0.05) is 21.6 Å². The lowest BCUT2D eigenvalue weighted by Gasteiger charge is -2.15. The fourth-order valence-corrected chi connectivity index (χ4v) is 3.46. The molecule has 0 aliphatic heterocycles. The van der Waals surface area contributed by atoms with Gasteiger partial charge in [0.1, 0.15) is 5.69 Å². The highest BCUT2D eigenvalue weighted by Crippen LogP contribution is 2.29. The minimum atomic E-state index is -0.243. The van der Waals surface area contributed by atoms with Gasteiger partial charge in [0.25, 0.3) is 5.91 Å². The molecular formula is C13H13BrN4OS. The average Bonchev–Trinajstić information content (AvgIpc) is 2.80. The molecule has 1 aliphatic carbocycles. The zero-order valence-electron chi connectivity index (χ0n) is 10.6. The first-order valence-electron chi connectivity index (χ1n) is 6.29. The minimum Gasteiger partial charge on any atom is -0.327 e. The van der Waals surface area contributed by atoms with E-state index in [1.165, 1.54) is 16.2 Å². The summed E-state index contributed by atoms with van der Waals surface area (Å²) < 4.78 is 0.841. The number of pyridine rings is 1. The minimum absolute atomic E-state index is 0.208. The molecule has 1 amide bonds. The van der Waals surface area contributed by atoms with Gasteiger partial charge in [-0.25, -0.2) is 9.97 Å². The van der Waals surface area contributed by atoms with Crippen LogP contribution in [0.15, 0.2) is 22.8 Å². The molecule has 0 spiro atoms. The van der Waals surface area contributed by atoms with Crippen molar-refractivity contribution in [3.05, 3.63) is 39.1 Å². The molecule has 0 saturated heterocycles. The largest absolute Gasteiger partial charge is 0.327 e. The summed E-state index contributed by atoms with van der Waals surface area (Å²) in [6.07, 6.45) is 4.29. The fraction of sp³-hybridized carbons (Fsp3) is 0.308. The van der Waals surface area contributed by atoms with Crippen LogP contribution in [0, 0.1) is 0 Å². The Labute approximate surface area is 128 Å². The molecule has 0 fully saturated rings. The first-order valence-corrected chi connectivity index (χ1v) is 7.90. The van der Waals surface area contributed by atoms with E-state index in [9.17, 15) is 4.79 Å². The van der Waals surface area contributed by atoms with Crippen LogP contribution in [0.2, 0.25) is 0 Å². The van der Waals surface area contributed by atoms with E-state index in [0.717, 1.165) is 29.4 Å². The van der Waals surface area contributed by atoms with Crippen molar-refractivity contribution in [3.8, 4) is 0 Å². The average molecular weight is 353 g/mol. The standard InChI is InChI=1S/C13H13BrN4OS/c14-7-1-3-10(16-6-7)12(19)18-13-17-9-4-2-8(15)5-11(9)20-13/h1,3,6,8H,2,4-5,15H2,(H,17,18,19)/t8-/m0/s1. The van der Waals surface area contributed by atoms with Gasteiger partial charge in [0.15, 0.2) is 5.13 Å². The van der Waals surface area contributed by atoms with E-state index in [0.29, 0.717) is 10.8 Å². The number of nitrogens with zero attached hydrogens (tertiary/aromatic N) is 2. The molecule has 5 nitrogen and oxygen atoms in total. The fourth-order valence-electron chi connectivity index (χ4n) is 2.13. The zero-order chi connectivity index (χ0) is 14.1. The number of carbonyl (C=O) groups excluding carboxylic acids is 1. The number of carbonyl (C=O) groups is 1. The second kappa shape index (κ2) is 5.59. The van der Waals surface area contributed by atoms with Gasteiger partial charge in [-0.05, 0) is 47.3 Å². The van der Waals surface area contributed by atoms with Gasteiger partial charge in [-0.1, -0.05) is 0 Å². The van der Waals surface area contributed by atoms with Crippen LogP contribution >= 0.6 is 27.3 Å². The third-order valence-electron chi connectivity index (χ3n) is 3.16. The Bertz CT molecular complexity index is 640. The van der Waals surface area contributed by atoms with E-state index in [4.69, 9.17) is 5.73 Å². The molecule has 0 aromatic carbocycles. The molecule has 0 bridgehead atoms. The number of halogens is 1. The second-order valence-corrected chi connectivity index (χ2v) is 6.71. The van der Waals surface area contributed by atoms with Crippen LogP contribution in [0.5, 0.6) is 0 Å². The quantitative estimate of drug-likeness (QED) is 0.869. The van der Waals surface area contributed by atoms with Gasteiger partial charge < -0.3 is 5.73 Å². The third-order valence-corrected chi connectivity index (χ3v) is 4.66. The number of hydrogen-bond donors (Lipinski definition) is 2. The third kappa shape index (κ3) is 2.89. The summed E-state index contributed by atoms with van der Waals surface area (Å²) in [5, 5.41) is 3.42. The summed E-state index contributed by atoms with van der Waals surface area (Å²) >= 11 is 4.79. The lowest BCUT2D eigenvalue weighted by atomic mass is 9.99. The van der Waals surface area contributed by atoms with Crippen molar-refractivity contribution in [2.45, 2.75) is 25.3 Å². The number of aryl methyl sites for hydroxylation is 1. The topological polar surface area (TPSA) is 80.9 Å². The molecule has 0 radical (unpaired) electrons. The number of rotatable bonds is 2. The van der Waals surface area contributed by atoms with Crippen molar-refractivity contribution in [3.63, 3.8) is 0 Å². The molecule has 1 aliphatic rings. The molecule has 0 saturated carbocycles. The van der Waals surface area contributed by atoms with Crippen LogP contribution in [0.1, 0.15) is 27.5 Å². The molecule has 20 heavy (non-hydrogen) atoms. The van der Waals surface area contributed by atoms with E-state index in [1.54, 1.807) is 18.3 Å². The van der Waals surface area contributed by atoms with Crippen molar-refractivity contribution >= 4 is 38.3 Å². The lowest BCUT2D eigenvalue weighted by molar-refractivity contribution is 0.102. The van der Waals surface area contributed by atoms with Crippen molar-refractivity contribution in [1.82, 2.24) is 9.97 Å². The Morgan fingerprint density at radius 2 is 2.35 bits per heavy atom. The predicted molar refractivity (Wildman–Crippen MR) is 82.0 cm³/mol. The summed E-state index contributed by atoms with van der Waals surface area (Å²) in [5.41, 5.74) is 7.38. The summed E-state index contributed by atoms with van der Waals surface area (Å²) in [4.78, 5) is 21.8. The molecular weight excluding hydrogens is 340 g/mol. The van der Waals surface area contributed by atoms with E-state index in [-0.39, 0.29) is 11.9 Å². The van der Waals surface area contributed by atoms with Gasteiger partial charge in [-0.3, -0.25) is 10.1 Å². The molecule has 3 rings (SSSR count). The Balaban J connectivity index is 1.75. The molecule has 2 heterocycles. The Morgan fingerprint density at radius 1 is 1.50 bits per heavy atom. The number of fused-ring (bicyclic) bond motifs is 1. The normalized spacial score (nSPS) is 17.6. The van der Waals surface area contributed by atoms with Crippen molar-refractivity contribution in [2.24, 2.45) is 5.73 Å². The summed E-state index contributed by atoms with van der Waals surface area (Å²) in [5.74, 6) is -0.243. The Kier molecular flexibility index (Phi) is 3.82. The number of nitrogens with two attached hydrogens (primary N) is 1. The van der Waals surface area contributed by atoms with E-state index in [2.05, 4.69) is 31.2 Å². The highest BCUT2D eigenvalue weighted by Gasteiger charge is 2.21. The smallest absolute Gasteiger partial charge is 0.276 e. The molecule has 2 aromatic heterocycles. The SMILES string of the molecule is N[C@H]1CCc2nc(NC(=O)c3ccc(Br)cn3)sc2C1. The molecule has 104 valence electrons. The van der Waals surface area contributed by atoms with Crippen LogP contribution in [0.25, 0.3) is 0 Å². The molecule has 0 unspecified atom stereocenters. The number of thiazole rings is 1. The molecule has 7 heteroatoms. The molecule has 2 aromatic rings. The van der Waals surface area contributed by atoms with Gasteiger partial charge in [0.2, 0.25) is 0 Å². The highest BCUT2D eigenvalue weighted by atomic mass is 79.9. The maximum atomic E-state index is 12.1. The van der Waals surface area contributed by atoms with E-state index >= 15 is 0 Å². The zero-order valence-corrected chi connectivity index (χ0v) is 13.0. The first-order chi connectivity index (χ1) is 9.61. The first kappa shape index (κ1) is 13.7. The number of aromatic nitrogens is 2. The number of amides is 1. The van der Waals surface area contributed by atoms with Crippen LogP contribution in [-0.4, -0.2) is 21.9 Å². The highest BCUT2D eigenvalue weighted by molar-refractivity contribution is 9.10. The molecule has 1 atom stereocenters. The monoisotopic (exact) mass is 352 g/mol. The predicted octanol–water partition coefficient (Wildman–Crippen LogP) is 2.37. The summed E-state index contributed by atoms with van der Waals surface area (Å²) in [7, 11) is 0. The number of anilines is 1.